The molecule has 1 atom stereocenters. The van der Waals surface area contributed by atoms with Crippen LogP contribution in [0.3, 0.4) is 0 Å². The fraction of sp³-hybridized carbons (Fsp3) is 0.211. The summed E-state index contributed by atoms with van der Waals surface area (Å²) in [6, 6.07) is 18.4. The number of rotatable bonds is 7. The topological polar surface area (TPSA) is 63.6 Å². The van der Waals surface area contributed by atoms with Gasteiger partial charge in [0.1, 0.15) is 6.61 Å². The molecule has 0 radical (unpaired) electrons. The number of esters is 1. The van der Waals surface area contributed by atoms with Crippen LogP contribution in [-0.4, -0.2) is 17.5 Å². The van der Waals surface area contributed by atoms with Gasteiger partial charge in [-0.25, -0.2) is 0 Å². The zero-order chi connectivity index (χ0) is 17.4. The largest absolute Gasteiger partial charge is 0.461 e. The van der Waals surface area contributed by atoms with E-state index < -0.39 is 7.37 Å². The van der Waals surface area contributed by atoms with Crippen LogP contribution in [0, 0.1) is 0 Å². The molecule has 0 saturated heterocycles. The Bertz CT molecular complexity index is 738. The summed E-state index contributed by atoms with van der Waals surface area (Å²) in [4.78, 5) is 21.8. The van der Waals surface area contributed by atoms with Crippen molar-refractivity contribution in [2.45, 2.75) is 19.5 Å². The number of benzene rings is 2. The zero-order valence-corrected chi connectivity index (χ0v) is 14.5. The Balaban J connectivity index is 2.25. The predicted octanol–water partition coefficient (Wildman–Crippen LogP) is 4.45. The third-order valence-electron chi connectivity index (χ3n) is 3.43. The van der Waals surface area contributed by atoms with Crippen LogP contribution in [0.15, 0.2) is 66.5 Å². The predicted molar refractivity (Wildman–Crippen MR) is 95.6 cm³/mol. The molecule has 5 heteroatoms. The van der Waals surface area contributed by atoms with Crippen molar-refractivity contribution in [3.05, 3.63) is 77.6 Å². The number of carbonyl (C=O) groups excluding carboxylic acids is 1. The van der Waals surface area contributed by atoms with Gasteiger partial charge < -0.3 is 9.63 Å². The van der Waals surface area contributed by atoms with Crippen LogP contribution >= 0.6 is 7.37 Å². The van der Waals surface area contributed by atoms with Gasteiger partial charge in [0.25, 0.3) is 0 Å². The molecule has 0 bridgehead atoms. The maximum Gasteiger partial charge on any atom is 0.305 e. The first-order chi connectivity index (χ1) is 11.5. The molecule has 2 aromatic rings. The highest BCUT2D eigenvalue weighted by Gasteiger charge is 2.18. The fourth-order valence-corrected chi connectivity index (χ4v) is 3.78. The monoisotopic (exact) mass is 344 g/mol. The molecule has 0 spiro atoms. The van der Waals surface area contributed by atoms with Gasteiger partial charge in [-0.2, -0.15) is 0 Å². The molecule has 1 N–H and O–H groups in total. The highest BCUT2D eigenvalue weighted by atomic mass is 31.2. The second kappa shape index (κ2) is 8.62. The maximum absolute atomic E-state index is 12.6. The molecule has 0 saturated carbocycles. The van der Waals surface area contributed by atoms with E-state index in [2.05, 4.69) is 0 Å². The summed E-state index contributed by atoms with van der Waals surface area (Å²) in [6.45, 7) is 1.69. The normalized spacial score (nSPS) is 14.0. The second-order valence-corrected chi connectivity index (χ2v) is 7.52. The van der Waals surface area contributed by atoms with Crippen molar-refractivity contribution in [3.63, 3.8) is 0 Å². The second-order valence-electron chi connectivity index (χ2n) is 5.43. The molecule has 0 fully saturated rings. The van der Waals surface area contributed by atoms with Gasteiger partial charge in [0, 0.05) is 17.8 Å². The summed E-state index contributed by atoms with van der Waals surface area (Å²) < 4.78 is 17.8. The van der Waals surface area contributed by atoms with E-state index in [0.29, 0.717) is 5.57 Å². The summed E-state index contributed by atoms with van der Waals surface area (Å²) in [5.41, 5.74) is 2.10. The molecule has 0 heterocycles. The maximum atomic E-state index is 12.6. The zero-order valence-electron chi connectivity index (χ0n) is 13.6. The van der Waals surface area contributed by atoms with Crippen molar-refractivity contribution in [2.24, 2.45) is 0 Å². The van der Waals surface area contributed by atoms with Gasteiger partial charge in [-0.1, -0.05) is 67.6 Å². The van der Waals surface area contributed by atoms with E-state index in [1.165, 1.54) is 5.82 Å². The first-order valence-corrected chi connectivity index (χ1v) is 9.70. The molecule has 2 aromatic carbocycles. The fourth-order valence-electron chi connectivity index (χ4n) is 2.24. The first kappa shape index (κ1) is 18.2. The first-order valence-electron chi connectivity index (χ1n) is 7.78. The van der Waals surface area contributed by atoms with Crippen molar-refractivity contribution >= 4 is 18.9 Å². The molecule has 0 aromatic heterocycles. The van der Waals surface area contributed by atoms with Crippen LogP contribution in [0.25, 0.3) is 5.57 Å². The van der Waals surface area contributed by atoms with Gasteiger partial charge in [0.15, 0.2) is 0 Å². The lowest BCUT2D eigenvalue weighted by Crippen LogP contribution is -2.06. The van der Waals surface area contributed by atoms with Crippen molar-refractivity contribution in [1.29, 1.82) is 0 Å². The molecule has 4 nitrogen and oxygen atoms in total. The van der Waals surface area contributed by atoms with Gasteiger partial charge in [-0.05, 0) is 11.1 Å². The van der Waals surface area contributed by atoms with E-state index in [0.717, 1.165) is 11.1 Å². The Morgan fingerprint density at radius 2 is 1.67 bits per heavy atom. The number of carbonyl (C=O) groups is 1. The lowest BCUT2D eigenvalue weighted by Gasteiger charge is -2.13. The van der Waals surface area contributed by atoms with Gasteiger partial charge in [0.05, 0.1) is 6.16 Å². The van der Waals surface area contributed by atoms with E-state index in [1.54, 1.807) is 6.92 Å². The van der Waals surface area contributed by atoms with E-state index in [-0.39, 0.29) is 25.2 Å². The SMILES string of the molecule is CCC(=O)OCC(=CP(=O)(O)Cc1ccccc1)c1ccccc1. The molecule has 0 aliphatic heterocycles. The van der Waals surface area contributed by atoms with Crippen molar-refractivity contribution in [1.82, 2.24) is 0 Å². The van der Waals surface area contributed by atoms with Crippen LogP contribution < -0.4 is 0 Å². The minimum Gasteiger partial charge on any atom is -0.461 e. The van der Waals surface area contributed by atoms with Crippen molar-refractivity contribution in [3.8, 4) is 0 Å². The highest BCUT2D eigenvalue weighted by molar-refractivity contribution is 7.60. The molecule has 0 amide bonds. The molecule has 2 rings (SSSR count). The Morgan fingerprint density at radius 1 is 1.08 bits per heavy atom. The molecule has 24 heavy (non-hydrogen) atoms. The number of hydrogen-bond acceptors (Lipinski definition) is 3. The van der Waals surface area contributed by atoms with Gasteiger partial charge in [-0.3, -0.25) is 9.36 Å². The highest BCUT2D eigenvalue weighted by Crippen LogP contribution is 2.48. The quantitative estimate of drug-likeness (QED) is 0.595. The lowest BCUT2D eigenvalue weighted by atomic mass is 10.1. The van der Waals surface area contributed by atoms with E-state index in [9.17, 15) is 14.3 Å². The summed E-state index contributed by atoms with van der Waals surface area (Å²) in [5, 5.41) is 0. The number of hydrogen-bond donors (Lipinski definition) is 1. The van der Waals surface area contributed by atoms with Crippen LogP contribution in [0.4, 0.5) is 0 Å². The summed E-state index contributed by atoms with van der Waals surface area (Å²) in [6.07, 6.45) is 0.314. The minimum absolute atomic E-state index is 0.0178. The molecule has 126 valence electrons. The number of ether oxygens (including phenoxy) is 1. The average molecular weight is 344 g/mol. The van der Waals surface area contributed by atoms with E-state index in [1.807, 2.05) is 60.7 Å². The van der Waals surface area contributed by atoms with Crippen LogP contribution in [0.2, 0.25) is 0 Å². The minimum atomic E-state index is -3.56. The molecule has 0 aliphatic rings. The standard InChI is InChI=1S/C19H21O4P/c1-2-19(20)23-13-18(17-11-7-4-8-12-17)15-24(21,22)14-16-9-5-3-6-10-16/h3-12,15H,2,13-14H2,1H3,(H,21,22). The lowest BCUT2D eigenvalue weighted by molar-refractivity contribution is -0.141. The summed E-state index contributed by atoms with van der Waals surface area (Å²) >= 11 is 0. The third kappa shape index (κ3) is 5.80. The molecule has 0 aliphatic carbocycles. The third-order valence-corrected chi connectivity index (χ3v) is 4.96. The Labute approximate surface area is 142 Å². The molecular formula is C19H21O4P. The van der Waals surface area contributed by atoms with Crippen molar-refractivity contribution < 1.29 is 19.0 Å². The average Bonchev–Trinajstić information content (AvgIpc) is 2.59. The Morgan fingerprint density at radius 3 is 2.25 bits per heavy atom. The summed E-state index contributed by atoms with van der Waals surface area (Å²) in [5.74, 6) is 1.01. The van der Waals surface area contributed by atoms with Gasteiger partial charge in [0.2, 0.25) is 7.37 Å². The van der Waals surface area contributed by atoms with E-state index >= 15 is 0 Å². The van der Waals surface area contributed by atoms with Gasteiger partial charge in [-0.15, -0.1) is 0 Å². The molecular weight excluding hydrogens is 323 g/mol. The van der Waals surface area contributed by atoms with Crippen LogP contribution in [-0.2, 0) is 20.3 Å². The Kier molecular flexibility index (Phi) is 6.53. The van der Waals surface area contributed by atoms with E-state index in [4.69, 9.17) is 4.74 Å². The summed E-state index contributed by atoms with van der Waals surface area (Å²) in [7, 11) is -3.56. The smallest absolute Gasteiger partial charge is 0.305 e. The van der Waals surface area contributed by atoms with Crippen molar-refractivity contribution in [2.75, 3.05) is 6.61 Å². The van der Waals surface area contributed by atoms with Crippen LogP contribution in [0.5, 0.6) is 0 Å². The molecule has 1 unspecified atom stereocenters. The van der Waals surface area contributed by atoms with Gasteiger partial charge >= 0.3 is 5.97 Å². The Hall–Kier alpha value is -2.16. The van der Waals surface area contributed by atoms with Crippen LogP contribution in [0.1, 0.15) is 24.5 Å².